The Morgan fingerprint density at radius 1 is 1.60 bits per heavy atom. The monoisotopic (exact) mass is 267 g/mol. The van der Waals surface area contributed by atoms with Gasteiger partial charge in [-0.05, 0) is 34.7 Å². The zero-order valence-electron chi connectivity index (χ0n) is 4.84. The lowest BCUT2D eigenvalue weighted by Gasteiger charge is -1.92. The average molecular weight is 267 g/mol. The van der Waals surface area contributed by atoms with Gasteiger partial charge in [0.25, 0.3) is 0 Å². The number of halogens is 2. The molecule has 0 aliphatic rings. The van der Waals surface area contributed by atoms with Crippen molar-refractivity contribution in [3.05, 3.63) is 26.5 Å². The predicted molar refractivity (Wildman–Crippen MR) is 47.4 cm³/mol. The second-order valence-electron chi connectivity index (χ2n) is 1.66. The number of pyridine rings is 1. The van der Waals surface area contributed by atoms with Gasteiger partial charge in [0.1, 0.15) is 15.1 Å². The number of hydrogen-bond acceptors (Lipinski definition) is 2. The Morgan fingerprint density at radius 2 is 2.30 bits per heavy atom. The van der Waals surface area contributed by atoms with E-state index < -0.39 is 0 Å². The molecule has 10 heavy (non-hydrogen) atoms. The smallest absolute Gasteiger partial charge is 0.150 e. The summed E-state index contributed by atoms with van der Waals surface area (Å²) in [6, 6.07) is 3.19. The molecule has 52 valence electrons. The number of aromatic nitrogens is 1. The van der Waals surface area contributed by atoms with Crippen molar-refractivity contribution in [3.8, 4) is 0 Å². The van der Waals surface area contributed by atoms with Gasteiger partial charge in [-0.3, -0.25) is 4.79 Å². The molecule has 0 aromatic carbocycles. The summed E-state index contributed by atoms with van der Waals surface area (Å²) in [5.74, 6) is 0. The van der Waals surface area contributed by atoms with Crippen LogP contribution in [-0.4, -0.2) is 11.3 Å². The molecule has 0 unspecified atom stereocenters. The van der Waals surface area contributed by atoms with Gasteiger partial charge in [-0.25, -0.2) is 4.98 Å². The van der Waals surface area contributed by atoms with Gasteiger partial charge in [0.15, 0.2) is 0 Å². The molecule has 0 N–H and O–H groups in total. The first-order valence-electron chi connectivity index (χ1n) is 2.50. The normalized spacial score (nSPS) is 9.40. The fourth-order valence-corrected chi connectivity index (χ4v) is 1.53. The average Bonchev–Trinajstić information content (AvgIpc) is 1.85. The van der Waals surface area contributed by atoms with Crippen LogP contribution >= 0.6 is 34.2 Å². The van der Waals surface area contributed by atoms with Crippen molar-refractivity contribution in [1.82, 2.24) is 4.98 Å². The van der Waals surface area contributed by atoms with E-state index in [9.17, 15) is 4.79 Å². The summed E-state index contributed by atoms with van der Waals surface area (Å²) in [6.45, 7) is 0. The van der Waals surface area contributed by atoms with Crippen LogP contribution in [0.1, 0.15) is 10.4 Å². The van der Waals surface area contributed by atoms with E-state index in [1.165, 1.54) is 6.07 Å². The quantitative estimate of drug-likeness (QED) is 0.443. The summed E-state index contributed by atoms with van der Waals surface area (Å²) in [6.07, 6.45) is 0.746. The Labute approximate surface area is 76.7 Å². The van der Waals surface area contributed by atoms with Gasteiger partial charge in [-0.1, -0.05) is 11.6 Å². The summed E-state index contributed by atoms with van der Waals surface area (Å²) in [5, 5.41) is 0.356. The predicted octanol–water partition coefficient (Wildman–Crippen LogP) is 2.15. The number of rotatable bonds is 1. The Bertz CT molecular complexity index is 244. The summed E-state index contributed by atoms with van der Waals surface area (Å²) in [5.41, 5.74) is 0.560. The van der Waals surface area contributed by atoms with Gasteiger partial charge in [-0.2, -0.15) is 0 Å². The molecule has 0 aliphatic heterocycles. The molecule has 0 amide bonds. The molecule has 0 fully saturated rings. The van der Waals surface area contributed by atoms with Crippen molar-refractivity contribution >= 4 is 40.5 Å². The molecule has 1 rings (SSSR count). The fraction of sp³-hybridized carbons (Fsp3) is 0. The molecule has 0 aliphatic carbocycles. The zero-order chi connectivity index (χ0) is 7.56. The van der Waals surface area contributed by atoms with Crippen LogP contribution in [0.25, 0.3) is 0 Å². The Morgan fingerprint density at radius 3 is 2.80 bits per heavy atom. The summed E-state index contributed by atoms with van der Waals surface area (Å²) in [7, 11) is 0. The van der Waals surface area contributed by atoms with Crippen molar-refractivity contribution in [2.24, 2.45) is 0 Å². The van der Waals surface area contributed by atoms with E-state index in [0.29, 0.717) is 10.7 Å². The molecule has 0 atom stereocenters. The SMILES string of the molecule is O=Cc1cc(Cl)nc(I)c1. The summed E-state index contributed by atoms with van der Waals surface area (Å²) >= 11 is 7.55. The van der Waals surface area contributed by atoms with Gasteiger partial charge < -0.3 is 0 Å². The molecule has 0 radical (unpaired) electrons. The van der Waals surface area contributed by atoms with E-state index >= 15 is 0 Å². The maximum atomic E-state index is 10.2. The summed E-state index contributed by atoms with van der Waals surface area (Å²) < 4.78 is 0.729. The van der Waals surface area contributed by atoms with Crippen molar-refractivity contribution in [1.29, 1.82) is 0 Å². The van der Waals surface area contributed by atoms with Crippen LogP contribution in [0.5, 0.6) is 0 Å². The van der Waals surface area contributed by atoms with E-state index in [1.807, 2.05) is 22.6 Å². The second kappa shape index (κ2) is 3.30. The number of hydrogen-bond donors (Lipinski definition) is 0. The van der Waals surface area contributed by atoms with Crippen molar-refractivity contribution in [2.45, 2.75) is 0 Å². The molecule has 1 aromatic rings. The maximum absolute atomic E-state index is 10.2. The van der Waals surface area contributed by atoms with Gasteiger partial charge >= 0.3 is 0 Å². The van der Waals surface area contributed by atoms with Crippen molar-refractivity contribution in [3.63, 3.8) is 0 Å². The molecule has 2 nitrogen and oxygen atoms in total. The van der Waals surface area contributed by atoms with Gasteiger partial charge in [0.2, 0.25) is 0 Å². The van der Waals surface area contributed by atoms with Gasteiger partial charge in [0.05, 0.1) is 0 Å². The van der Waals surface area contributed by atoms with E-state index in [0.717, 1.165) is 9.99 Å². The number of nitrogens with zero attached hydrogens (tertiary/aromatic N) is 1. The van der Waals surface area contributed by atoms with Crippen LogP contribution in [-0.2, 0) is 0 Å². The molecular weight excluding hydrogens is 264 g/mol. The van der Waals surface area contributed by atoms with Crippen LogP contribution in [0.4, 0.5) is 0 Å². The lowest BCUT2D eigenvalue weighted by atomic mass is 10.3. The fourth-order valence-electron chi connectivity index (χ4n) is 0.551. The van der Waals surface area contributed by atoms with Crippen LogP contribution in [0.15, 0.2) is 12.1 Å². The molecular formula is C6H3ClINO. The van der Waals surface area contributed by atoms with Crippen molar-refractivity contribution < 1.29 is 4.79 Å². The first-order valence-corrected chi connectivity index (χ1v) is 3.96. The van der Waals surface area contributed by atoms with Gasteiger partial charge in [-0.15, -0.1) is 0 Å². The number of carbonyl (C=O) groups is 1. The molecule has 0 spiro atoms. The minimum absolute atomic E-state index is 0.356. The standard InChI is InChI=1S/C6H3ClINO/c7-5-1-4(3-10)2-6(8)9-5/h1-3H. The highest BCUT2D eigenvalue weighted by Gasteiger charge is 1.95. The molecule has 1 aromatic heterocycles. The zero-order valence-corrected chi connectivity index (χ0v) is 7.76. The number of aldehydes is 1. The van der Waals surface area contributed by atoms with E-state index in [4.69, 9.17) is 11.6 Å². The lowest BCUT2D eigenvalue weighted by Crippen LogP contribution is -1.85. The Balaban J connectivity index is 3.18. The topological polar surface area (TPSA) is 30.0 Å². The van der Waals surface area contributed by atoms with E-state index in [2.05, 4.69) is 4.98 Å². The highest BCUT2D eigenvalue weighted by molar-refractivity contribution is 14.1. The van der Waals surface area contributed by atoms with E-state index in [-0.39, 0.29) is 0 Å². The molecule has 0 saturated heterocycles. The molecule has 4 heteroatoms. The highest BCUT2D eigenvalue weighted by atomic mass is 127. The first-order chi connectivity index (χ1) is 4.72. The third-order valence-corrected chi connectivity index (χ3v) is 1.67. The van der Waals surface area contributed by atoms with E-state index in [1.54, 1.807) is 6.07 Å². The van der Waals surface area contributed by atoms with Crippen molar-refractivity contribution in [2.75, 3.05) is 0 Å². The minimum atomic E-state index is 0.356. The largest absolute Gasteiger partial charge is 0.298 e. The highest BCUT2D eigenvalue weighted by Crippen LogP contribution is 2.10. The second-order valence-corrected chi connectivity index (χ2v) is 3.16. The third kappa shape index (κ3) is 1.91. The molecule has 0 saturated carbocycles. The van der Waals surface area contributed by atoms with Crippen LogP contribution < -0.4 is 0 Å². The maximum Gasteiger partial charge on any atom is 0.150 e. The summed E-state index contributed by atoms with van der Waals surface area (Å²) in [4.78, 5) is 14.1. The lowest BCUT2D eigenvalue weighted by molar-refractivity contribution is 0.112. The molecule has 0 bridgehead atoms. The molecule has 1 heterocycles. The Hall–Kier alpha value is -0.160. The van der Waals surface area contributed by atoms with Crippen LogP contribution in [0.2, 0.25) is 5.15 Å². The van der Waals surface area contributed by atoms with Gasteiger partial charge in [0, 0.05) is 5.56 Å². The third-order valence-electron chi connectivity index (χ3n) is 0.921. The van der Waals surface area contributed by atoms with Crippen LogP contribution in [0, 0.1) is 3.70 Å². The minimum Gasteiger partial charge on any atom is -0.298 e. The Kier molecular flexibility index (Phi) is 2.62. The number of carbonyl (C=O) groups excluding carboxylic acids is 1. The van der Waals surface area contributed by atoms with Crippen LogP contribution in [0.3, 0.4) is 0 Å². The first kappa shape index (κ1) is 7.94.